The molecule has 114 valence electrons. The first-order valence-electron chi connectivity index (χ1n) is 7.55. The highest BCUT2D eigenvalue weighted by atomic mass is 28.3. The van der Waals surface area contributed by atoms with Crippen LogP contribution in [0, 0.1) is 17.3 Å². The summed E-state index contributed by atoms with van der Waals surface area (Å²) in [7, 11) is -1.95. The summed E-state index contributed by atoms with van der Waals surface area (Å²) in [5.74, 6) is 1.85. The Hall–Kier alpha value is -1.40. The summed E-state index contributed by atoms with van der Waals surface area (Å²) in [6.45, 7) is 13.1. The first kappa shape index (κ1) is 17.6. The number of carbonyl (C=O) groups excluding carboxylic acids is 1. The number of ketones is 1. The molecule has 0 aliphatic heterocycles. The van der Waals surface area contributed by atoms with E-state index in [1.165, 1.54) is 12.1 Å². The Bertz CT molecular complexity index is 542. The van der Waals surface area contributed by atoms with E-state index < -0.39 is 19.7 Å². The lowest BCUT2D eigenvalue weighted by molar-refractivity contribution is 0.105. The maximum absolute atomic E-state index is 13.7. The van der Waals surface area contributed by atoms with Gasteiger partial charge in [0.15, 0.2) is 0 Å². The average molecular weight is 304 g/mol. The van der Waals surface area contributed by atoms with E-state index in [-0.39, 0.29) is 5.56 Å². The standard InChI is InChI=1S/C18H25FOSi/c1-13(2)21(14(3)4,15(5)6)12-11-18(20)16-9-7-8-10-17(16)19/h7-10,13-15H,1-6H3. The summed E-state index contributed by atoms with van der Waals surface area (Å²) in [4.78, 5) is 12.2. The third-order valence-corrected chi connectivity index (χ3v) is 10.7. The molecule has 0 spiro atoms. The molecule has 1 aromatic carbocycles. The van der Waals surface area contributed by atoms with Gasteiger partial charge in [-0.25, -0.2) is 4.39 Å². The molecule has 0 fully saturated rings. The predicted molar refractivity (Wildman–Crippen MR) is 89.6 cm³/mol. The lowest BCUT2D eigenvalue weighted by Gasteiger charge is -2.37. The van der Waals surface area contributed by atoms with Gasteiger partial charge < -0.3 is 0 Å². The first-order chi connectivity index (χ1) is 9.73. The smallest absolute Gasteiger partial charge is 0.238 e. The summed E-state index contributed by atoms with van der Waals surface area (Å²) < 4.78 is 13.7. The summed E-state index contributed by atoms with van der Waals surface area (Å²) in [6.07, 6.45) is 0. The number of benzene rings is 1. The second-order valence-corrected chi connectivity index (χ2v) is 12.0. The normalized spacial score (nSPS) is 11.7. The molecule has 0 unspecified atom stereocenters. The van der Waals surface area contributed by atoms with Crippen molar-refractivity contribution in [1.82, 2.24) is 0 Å². The van der Waals surface area contributed by atoms with Crippen LogP contribution in [0.25, 0.3) is 0 Å². The average Bonchev–Trinajstić information content (AvgIpc) is 2.38. The van der Waals surface area contributed by atoms with Crippen molar-refractivity contribution in [3.63, 3.8) is 0 Å². The number of hydrogen-bond donors (Lipinski definition) is 0. The van der Waals surface area contributed by atoms with Gasteiger partial charge in [0.1, 0.15) is 13.9 Å². The molecular weight excluding hydrogens is 279 g/mol. The fraction of sp³-hybridized carbons (Fsp3) is 0.500. The van der Waals surface area contributed by atoms with Crippen LogP contribution in [-0.4, -0.2) is 13.9 Å². The molecule has 1 rings (SSSR count). The van der Waals surface area contributed by atoms with Crippen molar-refractivity contribution in [2.24, 2.45) is 0 Å². The Morgan fingerprint density at radius 1 is 1.00 bits per heavy atom. The molecule has 0 aliphatic rings. The minimum Gasteiger partial charge on any atom is -0.279 e. The predicted octanol–water partition coefficient (Wildman–Crippen LogP) is 5.23. The van der Waals surface area contributed by atoms with Crippen molar-refractivity contribution in [2.75, 3.05) is 0 Å². The lowest BCUT2D eigenvalue weighted by atomic mass is 10.1. The Kier molecular flexibility index (Phi) is 5.92. The van der Waals surface area contributed by atoms with Gasteiger partial charge in [-0.3, -0.25) is 4.79 Å². The molecule has 0 aliphatic carbocycles. The number of hydrogen-bond acceptors (Lipinski definition) is 1. The van der Waals surface area contributed by atoms with E-state index in [2.05, 4.69) is 53.0 Å². The zero-order chi connectivity index (χ0) is 16.2. The van der Waals surface area contributed by atoms with Crippen LogP contribution in [0.15, 0.2) is 24.3 Å². The quantitative estimate of drug-likeness (QED) is 0.423. The van der Waals surface area contributed by atoms with Crippen molar-refractivity contribution >= 4 is 13.9 Å². The molecule has 0 heterocycles. The van der Waals surface area contributed by atoms with E-state index in [1.54, 1.807) is 12.1 Å². The van der Waals surface area contributed by atoms with Gasteiger partial charge in [-0.1, -0.05) is 53.7 Å². The van der Waals surface area contributed by atoms with Crippen LogP contribution >= 0.6 is 0 Å². The van der Waals surface area contributed by atoms with Crippen molar-refractivity contribution in [3.8, 4) is 11.5 Å². The lowest BCUT2D eigenvalue weighted by Crippen LogP contribution is -2.43. The summed E-state index contributed by atoms with van der Waals surface area (Å²) in [5, 5.41) is 0. The maximum Gasteiger partial charge on any atom is 0.238 e. The van der Waals surface area contributed by atoms with Crippen LogP contribution in [0.4, 0.5) is 4.39 Å². The molecule has 1 nitrogen and oxygen atoms in total. The van der Waals surface area contributed by atoms with Crippen LogP contribution in [0.5, 0.6) is 0 Å². The molecule has 21 heavy (non-hydrogen) atoms. The van der Waals surface area contributed by atoms with Crippen LogP contribution in [0.1, 0.15) is 51.9 Å². The van der Waals surface area contributed by atoms with Crippen molar-refractivity contribution in [2.45, 2.75) is 58.2 Å². The molecule has 0 radical (unpaired) electrons. The van der Waals surface area contributed by atoms with Crippen molar-refractivity contribution in [1.29, 1.82) is 0 Å². The Morgan fingerprint density at radius 2 is 1.48 bits per heavy atom. The summed E-state index contributed by atoms with van der Waals surface area (Å²) >= 11 is 0. The van der Waals surface area contributed by atoms with E-state index in [9.17, 15) is 9.18 Å². The summed E-state index contributed by atoms with van der Waals surface area (Å²) in [6, 6.07) is 6.04. The Labute approximate surface area is 129 Å². The van der Waals surface area contributed by atoms with E-state index in [4.69, 9.17) is 0 Å². The molecule has 1 aromatic rings. The Morgan fingerprint density at radius 3 is 1.90 bits per heavy atom. The molecule has 0 N–H and O–H groups in total. The van der Waals surface area contributed by atoms with Crippen LogP contribution in [-0.2, 0) is 0 Å². The largest absolute Gasteiger partial charge is 0.279 e. The van der Waals surface area contributed by atoms with E-state index in [0.717, 1.165) is 0 Å². The maximum atomic E-state index is 13.7. The van der Waals surface area contributed by atoms with Crippen molar-refractivity contribution in [3.05, 3.63) is 35.6 Å². The van der Waals surface area contributed by atoms with Crippen LogP contribution in [0.3, 0.4) is 0 Å². The molecule has 3 heteroatoms. The molecule has 0 aromatic heterocycles. The van der Waals surface area contributed by atoms with Gasteiger partial charge in [0.05, 0.1) is 5.56 Å². The highest BCUT2D eigenvalue weighted by molar-refractivity contribution is 6.90. The topological polar surface area (TPSA) is 17.1 Å². The van der Waals surface area contributed by atoms with Crippen molar-refractivity contribution < 1.29 is 9.18 Å². The minimum absolute atomic E-state index is 0.0733. The molecule has 0 bridgehead atoms. The first-order valence-corrected chi connectivity index (χ1v) is 9.78. The SMILES string of the molecule is CC(C)[Si](C#CC(=O)c1ccccc1F)(C(C)C)C(C)C. The molecule has 0 saturated heterocycles. The Balaban J connectivity index is 3.23. The highest BCUT2D eigenvalue weighted by Gasteiger charge is 2.41. The van der Waals surface area contributed by atoms with Gasteiger partial charge in [0.2, 0.25) is 5.78 Å². The van der Waals surface area contributed by atoms with Gasteiger partial charge in [-0.2, -0.15) is 0 Å². The monoisotopic (exact) mass is 304 g/mol. The molecule has 0 atom stereocenters. The summed E-state index contributed by atoms with van der Waals surface area (Å²) in [5.41, 5.74) is 4.77. The molecule has 0 saturated carbocycles. The van der Waals surface area contributed by atoms with E-state index >= 15 is 0 Å². The fourth-order valence-electron chi connectivity index (χ4n) is 3.31. The van der Waals surface area contributed by atoms with Gasteiger partial charge >= 0.3 is 0 Å². The molecular formula is C18H25FOSi. The second kappa shape index (κ2) is 7.04. The number of carbonyl (C=O) groups is 1. The fourth-order valence-corrected chi connectivity index (χ4v) is 8.51. The zero-order valence-corrected chi connectivity index (χ0v) is 14.8. The number of Topliss-reactive ketones (excluding diaryl/α,β-unsaturated/α-hetero) is 1. The third-order valence-electron chi connectivity index (χ3n) is 4.38. The number of halogens is 1. The zero-order valence-electron chi connectivity index (χ0n) is 13.8. The minimum atomic E-state index is -1.95. The van der Waals surface area contributed by atoms with Gasteiger partial charge in [-0.05, 0) is 34.7 Å². The van der Waals surface area contributed by atoms with Gasteiger partial charge in [-0.15, -0.1) is 5.54 Å². The molecule has 0 amide bonds. The van der Waals surface area contributed by atoms with E-state index in [1.807, 2.05) is 0 Å². The van der Waals surface area contributed by atoms with E-state index in [0.29, 0.717) is 16.6 Å². The van der Waals surface area contributed by atoms with Gasteiger partial charge in [0, 0.05) is 0 Å². The van der Waals surface area contributed by atoms with Crippen LogP contribution < -0.4 is 0 Å². The highest BCUT2D eigenvalue weighted by Crippen LogP contribution is 2.40. The third kappa shape index (κ3) is 3.62. The van der Waals surface area contributed by atoms with Crippen LogP contribution in [0.2, 0.25) is 16.6 Å². The van der Waals surface area contributed by atoms with Gasteiger partial charge in [0.25, 0.3) is 0 Å². The second-order valence-electron chi connectivity index (χ2n) is 6.46. The number of rotatable bonds is 4.